The highest BCUT2D eigenvalue weighted by Gasteiger charge is 2.42. The molecule has 2 fully saturated rings. The van der Waals surface area contributed by atoms with Gasteiger partial charge in [-0.2, -0.15) is 0 Å². The minimum atomic E-state index is -0.0361. The standard InChI is InChI=1S/C20H29N3O2/c1-15-8-9-20(12-15)10-11-23(14-20)13-18(24)21-17-6-4-16(5-7-17)19(25)22(2)3/h4-7,15H,8-14H2,1-3H3,(H,21,24)/t15-,20+/m1/s1. The van der Waals surface area contributed by atoms with Gasteiger partial charge in [-0.15, -0.1) is 0 Å². The predicted molar refractivity (Wildman–Crippen MR) is 99.6 cm³/mol. The number of nitrogens with zero attached hydrogens (tertiary/aromatic N) is 2. The zero-order valence-electron chi connectivity index (χ0n) is 15.5. The van der Waals surface area contributed by atoms with Gasteiger partial charge in [0.05, 0.1) is 6.54 Å². The van der Waals surface area contributed by atoms with E-state index in [0.717, 1.165) is 24.7 Å². The van der Waals surface area contributed by atoms with Gasteiger partial charge in [0.2, 0.25) is 5.91 Å². The predicted octanol–water partition coefficient (Wildman–Crippen LogP) is 2.84. The van der Waals surface area contributed by atoms with Gasteiger partial charge in [-0.3, -0.25) is 14.5 Å². The maximum absolute atomic E-state index is 12.3. The highest BCUT2D eigenvalue weighted by molar-refractivity contribution is 5.96. The van der Waals surface area contributed by atoms with Crippen molar-refractivity contribution in [3.05, 3.63) is 29.8 Å². The smallest absolute Gasteiger partial charge is 0.253 e. The fourth-order valence-corrected chi connectivity index (χ4v) is 4.39. The van der Waals surface area contributed by atoms with E-state index < -0.39 is 0 Å². The van der Waals surface area contributed by atoms with E-state index in [1.54, 1.807) is 43.3 Å². The van der Waals surface area contributed by atoms with Crippen LogP contribution in [0.1, 0.15) is 43.0 Å². The lowest BCUT2D eigenvalue weighted by Crippen LogP contribution is -2.33. The van der Waals surface area contributed by atoms with Gasteiger partial charge >= 0.3 is 0 Å². The van der Waals surface area contributed by atoms with Crippen molar-refractivity contribution in [1.29, 1.82) is 0 Å². The number of benzene rings is 1. The van der Waals surface area contributed by atoms with E-state index >= 15 is 0 Å². The minimum Gasteiger partial charge on any atom is -0.345 e. The zero-order valence-corrected chi connectivity index (χ0v) is 15.5. The van der Waals surface area contributed by atoms with Gasteiger partial charge in [0.1, 0.15) is 0 Å². The Bertz CT molecular complexity index is 641. The van der Waals surface area contributed by atoms with Crippen molar-refractivity contribution in [3.63, 3.8) is 0 Å². The molecule has 3 rings (SSSR count). The van der Waals surface area contributed by atoms with Crippen LogP contribution in [0.3, 0.4) is 0 Å². The number of hydrogen-bond acceptors (Lipinski definition) is 3. The van der Waals surface area contributed by atoms with Crippen molar-refractivity contribution in [3.8, 4) is 0 Å². The lowest BCUT2D eigenvalue weighted by molar-refractivity contribution is -0.117. The largest absolute Gasteiger partial charge is 0.345 e. The van der Waals surface area contributed by atoms with Crippen LogP contribution in [0.2, 0.25) is 0 Å². The van der Waals surface area contributed by atoms with Crippen LogP contribution in [0.25, 0.3) is 0 Å². The van der Waals surface area contributed by atoms with Crippen LogP contribution < -0.4 is 5.32 Å². The van der Waals surface area contributed by atoms with Crippen LogP contribution in [0.5, 0.6) is 0 Å². The van der Waals surface area contributed by atoms with Gasteiger partial charge in [-0.1, -0.05) is 13.3 Å². The van der Waals surface area contributed by atoms with Gasteiger partial charge in [-0.25, -0.2) is 0 Å². The molecule has 2 atom stereocenters. The molecule has 0 aromatic heterocycles. The molecule has 0 bridgehead atoms. The van der Waals surface area contributed by atoms with Gasteiger partial charge in [0.15, 0.2) is 0 Å². The molecule has 1 N–H and O–H groups in total. The van der Waals surface area contributed by atoms with Crippen LogP contribution in [0.4, 0.5) is 5.69 Å². The van der Waals surface area contributed by atoms with E-state index in [-0.39, 0.29) is 11.8 Å². The van der Waals surface area contributed by atoms with Crippen LogP contribution in [-0.2, 0) is 4.79 Å². The monoisotopic (exact) mass is 343 g/mol. The molecule has 2 amide bonds. The van der Waals surface area contributed by atoms with Crippen LogP contribution in [0.15, 0.2) is 24.3 Å². The number of carbonyl (C=O) groups is 2. The molecule has 1 aliphatic carbocycles. The lowest BCUT2D eigenvalue weighted by atomic mass is 9.85. The van der Waals surface area contributed by atoms with Gasteiger partial charge in [-0.05, 0) is 61.4 Å². The highest BCUT2D eigenvalue weighted by Crippen LogP contribution is 2.47. The molecular formula is C20H29N3O2. The molecule has 1 aromatic carbocycles. The first kappa shape index (κ1) is 17.9. The first-order chi connectivity index (χ1) is 11.9. The summed E-state index contributed by atoms with van der Waals surface area (Å²) in [7, 11) is 3.46. The summed E-state index contributed by atoms with van der Waals surface area (Å²) in [6.07, 6.45) is 5.18. The molecule has 5 heteroatoms. The van der Waals surface area contributed by atoms with Crippen LogP contribution in [0, 0.1) is 11.3 Å². The molecule has 2 aliphatic rings. The Hall–Kier alpha value is -1.88. The van der Waals surface area contributed by atoms with Crippen molar-refractivity contribution in [1.82, 2.24) is 9.80 Å². The lowest BCUT2D eigenvalue weighted by Gasteiger charge is -2.23. The molecule has 0 unspecified atom stereocenters. The average Bonchev–Trinajstić information content (AvgIpc) is 3.13. The maximum atomic E-state index is 12.3. The van der Waals surface area contributed by atoms with E-state index in [4.69, 9.17) is 0 Å². The summed E-state index contributed by atoms with van der Waals surface area (Å²) in [6, 6.07) is 7.09. The molecule has 25 heavy (non-hydrogen) atoms. The van der Waals surface area contributed by atoms with Crippen molar-refractivity contribution >= 4 is 17.5 Å². The second kappa shape index (κ2) is 7.16. The molecule has 0 radical (unpaired) electrons. The third-order valence-corrected chi connectivity index (χ3v) is 5.66. The highest BCUT2D eigenvalue weighted by atomic mass is 16.2. The second-order valence-electron chi connectivity index (χ2n) is 8.13. The SMILES string of the molecule is C[C@@H]1CC[C@]2(CCN(CC(=O)Nc3ccc(C(=O)N(C)C)cc3)C2)C1. The molecular weight excluding hydrogens is 314 g/mol. The van der Waals surface area contributed by atoms with E-state index in [2.05, 4.69) is 17.1 Å². The average molecular weight is 343 g/mol. The number of amides is 2. The van der Waals surface area contributed by atoms with Crippen molar-refractivity contribution in [2.45, 2.75) is 32.6 Å². The third kappa shape index (κ3) is 4.21. The molecule has 1 saturated heterocycles. The molecule has 1 heterocycles. The van der Waals surface area contributed by atoms with Gasteiger partial charge < -0.3 is 10.2 Å². The molecule has 1 spiro atoms. The second-order valence-corrected chi connectivity index (χ2v) is 8.13. The van der Waals surface area contributed by atoms with Crippen LogP contribution >= 0.6 is 0 Å². The van der Waals surface area contributed by atoms with E-state index in [1.807, 2.05) is 0 Å². The maximum Gasteiger partial charge on any atom is 0.253 e. The summed E-state index contributed by atoms with van der Waals surface area (Å²) < 4.78 is 0. The summed E-state index contributed by atoms with van der Waals surface area (Å²) in [5.74, 6) is 0.818. The normalized spacial score (nSPS) is 26.1. The number of likely N-dealkylation sites (tertiary alicyclic amines) is 1. The summed E-state index contributed by atoms with van der Waals surface area (Å²) in [6.45, 7) is 4.88. The Balaban J connectivity index is 1.51. The fraction of sp³-hybridized carbons (Fsp3) is 0.600. The first-order valence-corrected chi connectivity index (χ1v) is 9.21. The quantitative estimate of drug-likeness (QED) is 0.915. The van der Waals surface area contributed by atoms with Crippen molar-refractivity contribution in [2.24, 2.45) is 11.3 Å². The summed E-state index contributed by atoms with van der Waals surface area (Å²) in [4.78, 5) is 28.1. The van der Waals surface area contributed by atoms with Crippen molar-refractivity contribution in [2.75, 3.05) is 39.0 Å². The third-order valence-electron chi connectivity index (χ3n) is 5.66. The Labute approximate surface area is 150 Å². The Morgan fingerprint density at radius 1 is 1.24 bits per heavy atom. The molecule has 5 nitrogen and oxygen atoms in total. The first-order valence-electron chi connectivity index (χ1n) is 9.21. The van der Waals surface area contributed by atoms with Gasteiger partial charge in [0.25, 0.3) is 5.91 Å². The van der Waals surface area contributed by atoms with E-state index in [0.29, 0.717) is 17.5 Å². The number of anilines is 1. The topological polar surface area (TPSA) is 52.7 Å². The number of nitrogens with one attached hydrogen (secondary N) is 1. The summed E-state index contributed by atoms with van der Waals surface area (Å²) in [5, 5.41) is 2.95. The Morgan fingerprint density at radius 3 is 2.56 bits per heavy atom. The zero-order chi connectivity index (χ0) is 18.0. The fourth-order valence-electron chi connectivity index (χ4n) is 4.39. The Morgan fingerprint density at radius 2 is 1.96 bits per heavy atom. The number of rotatable bonds is 4. The van der Waals surface area contributed by atoms with E-state index in [9.17, 15) is 9.59 Å². The molecule has 1 aliphatic heterocycles. The number of carbonyl (C=O) groups excluding carboxylic acids is 2. The van der Waals surface area contributed by atoms with E-state index in [1.165, 1.54) is 25.7 Å². The molecule has 1 aromatic rings. The summed E-state index contributed by atoms with van der Waals surface area (Å²) >= 11 is 0. The molecule has 136 valence electrons. The van der Waals surface area contributed by atoms with Crippen molar-refractivity contribution < 1.29 is 9.59 Å². The van der Waals surface area contributed by atoms with Gasteiger partial charge in [0, 0.05) is 31.9 Å². The Kier molecular flexibility index (Phi) is 5.13. The minimum absolute atomic E-state index is 0.0229. The molecule has 1 saturated carbocycles. The number of hydrogen-bond donors (Lipinski definition) is 1. The summed E-state index contributed by atoms with van der Waals surface area (Å²) in [5.41, 5.74) is 1.83. The van der Waals surface area contributed by atoms with Crippen LogP contribution in [-0.4, -0.2) is 55.3 Å².